The van der Waals surface area contributed by atoms with Crippen LogP contribution in [0.2, 0.25) is 0 Å². The summed E-state index contributed by atoms with van der Waals surface area (Å²) in [4.78, 5) is 4.44. The van der Waals surface area contributed by atoms with E-state index in [9.17, 15) is 0 Å². The Bertz CT molecular complexity index is 414. The standard InChI is InChI=1S/C14H22BrN3O/c1-11-7-12(15)8-17-13(11)18-9-14(10-19-2)3-5-16-6-4-14/h7-8,16H,3-6,9-10H2,1-2H3,(H,17,18). The minimum absolute atomic E-state index is 0.223. The molecule has 1 fully saturated rings. The Hall–Kier alpha value is -0.650. The van der Waals surface area contributed by atoms with Crippen LogP contribution in [0, 0.1) is 12.3 Å². The van der Waals surface area contributed by atoms with Crippen LogP contribution in [0.25, 0.3) is 0 Å². The highest BCUT2D eigenvalue weighted by Gasteiger charge is 2.32. The molecule has 1 saturated heterocycles. The van der Waals surface area contributed by atoms with Crippen molar-refractivity contribution in [3.8, 4) is 0 Å². The second kappa shape index (κ2) is 6.68. The lowest BCUT2D eigenvalue weighted by molar-refractivity contribution is 0.0635. The summed E-state index contributed by atoms with van der Waals surface area (Å²) < 4.78 is 6.44. The van der Waals surface area contributed by atoms with Crippen LogP contribution in [0.4, 0.5) is 5.82 Å². The van der Waals surface area contributed by atoms with Crippen LogP contribution in [-0.4, -0.2) is 38.3 Å². The molecule has 0 aromatic carbocycles. The van der Waals surface area contributed by atoms with E-state index in [0.717, 1.165) is 54.9 Å². The van der Waals surface area contributed by atoms with Gasteiger partial charge in [0.05, 0.1) is 6.61 Å². The zero-order valence-electron chi connectivity index (χ0n) is 11.6. The van der Waals surface area contributed by atoms with Gasteiger partial charge in [0.15, 0.2) is 0 Å². The minimum Gasteiger partial charge on any atom is -0.384 e. The summed E-state index contributed by atoms with van der Waals surface area (Å²) in [5, 5.41) is 6.91. The van der Waals surface area contributed by atoms with Crippen molar-refractivity contribution in [2.75, 3.05) is 38.7 Å². The number of hydrogen-bond donors (Lipinski definition) is 2. The molecule has 2 N–H and O–H groups in total. The molecule has 0 aliphatic carbocycles. The number of aryl methyl sites for hydroxylation is 1. The zero-order valence-corrected chi connectivity index (χ0v) is 13.2. The first-order valence-corrected chi connectivity index (χ1v) is 7.50. The molecule has 1 aliphatic heterocycles. The topological polar surface area (TPSA) is 46.2 Å². The zero-order chi connectivity index (χ0) is 13.7. The fourth-order valence-electron chi connectivity index (χ4n) is 2.63. The number of piperidine rings is 1. The summed E-state index contributed by atoms with van der Waals surface area (Å²) >= 11 is 3.44. The number of methoxy groups -OCH3 is 1. The third-order valence-corrected chi connectivity index (χ3v) is 4.22. The lowest BCUT2D eigenvalue weighted by Crippen LogP contribution is -2.44. The van der Waals surface area contributed by atoms with E-state index in [0.29, 0.717) is 0 Å². The molecule has 2 heterocycles. The van der Waals surface area contributed by atoms with Crippen LogP contribution in [-0.2, 0) is 4.74 Å². The molecular weight excluding hydrogens is 306 g/mol. The van der Waals surface area contributed by atoms with Crippen LogP contribution >= 0.6 is 15.9 Å². The van der Waals surface area contributed by atoms with Gasteiger partial charge in [0.1, 0.15) is 5.82 Å². The normalized spacial score (nSPS) is 18.3. The van der Waals surface area contributed by atoms with Gasteiger partial charge in [-0.15, -0.1) is 0 Å². The second-order valence-electron chi connectivity index (χ2n) is 5.36. The first-order chi connectivity index (χ1) is 9.15. The molecule has 4 nitrogen and oxygen atoms in total. The van der Waals surface area contributed by atoms with Gasteiger partial charge < -0.3 is 15.4 Å². The maximum absolute atomic E-state index is 5.43. The van der Waals surface area contributed by atoms with Gasteiger partial charge in [0.2, 0.25) is 0 Å². The van der Waals surface area contributed by atoms with Gasteiger partial charge in [0, 0.05) is 29.7 Å². The molecule has 0 radical (unpaired) electrons. The van der Waals surface area contributed by atoms with Gasteiger partial charge in [-0.2, -0.15) is 0 Å². The molecule has 1 aromatic rings. The summed E-state index contributed by atoms with van der Waals surface area (Å²) in [6.45, 7) is 5.93. The molecule has 0 spiro atoms. The third kappa shape index (κ3) is 3.91. The predicted octanol–water partition coefficient (Wildman–Crippen LogP) is 2.58. The van der Waals surface area contributed by atoms with Gasteiger partial charge in [-0.1, -0.05) is 0 Å². The minimum atomic E-state index is 0.223. The number of pyridine rings is 1. The Kier molecular flexibility index (Phi) is 5.19. The van der Waals surface area contributed by atoms with Crippen molar-refractivity contribution in [3.63, 3.8) is 0 Å². The quantitative estimate of drug-likeness (QED) is 0.872. The maximum Gasteiger partial charge on any atom is 0.128 e. The van der Waals surface area contributed by atoms with Crippen LogP contribution in [0.15, 0.2) is 16.7 Å². The van der Waals surface area contributed by atoms with E-state index in [4.69, 9.17) is 4.74 Å². The Balaban J connectivity index is 2.01. The lowest BCUT2D eigenvalue weighted by Gasteiger charge is -2.37. The van der Waals surface area contributed by atoms with Crippen LogP contribution in [0.1, 0.15) is 18.4 Å². The van der Waals surface area contributed by atoms with Crippen molar-refractivity contribution in [1.82, 2.24) is 10.3 Å². The van der Waals surface area contributed by atoms with Crippen molar-refractivity contribution >= 4 is 21.7 Å². The molecule has 1 aliphatic rings. The second-order valence-corrected chi connectivity index (χ2v) is 6.27. The average Bonchev–Trinajstić information content (AvgIpc) is 2.39. The number of anilines is 1. The molecule has 0 unspecified atom stereocenters. The Morgan fingerprint density at radius 1 is 1.47 bits per heavy atom. The molecule has 0 atom stereocenters. The molecule has 0 bridgehead atoms. The number of nitrogens with zero attached hydrogens (tertiary/aromatic N) is 1. The average molecular weight is 328 g/mol. The Morgan fingerprint density at radius 2 is 2.21 bits per heavy atom. The predicted molar refractivity (Wildman–Crippen MR) is 81.6 cm³/mol. The van der Waals surface area contributed by atoms with E-state index in [2.05, 4.69) is 44.5 Å². The smallest absolute Gasteiger partial charge is 0.128 e. The highest BCUT2D eigenvalue weighted by atomic mass is 79.9. The van der Waals surface area contributed by atoms with E-state index in [1.807, 2.05) is 6.20 Å². The Morgan fingerprint density at radius 3 is 2.84 bits per heavy atom. The SMILES string of the molecule is COCC1(CNc2ncc(Br)cc2C)CCNCC1. The largest absolute Gasteiger partial charge is 0.384 e. The van der Waals surface area contributed by atoms with E-state index in [1.165, 1.54) is 0 Å². The van der Waals surface area contributed by atoms with Gasteiger partial charge in [-0.05, 0) is 60.4 Å². The molecule has 5 heteroatoms. The summed E-state index contributed by atoms with van der Waals surface area (Å²) in [6, 6.07) is 2.08. The molecule has 1 aromatic heterocycles. The molecule has 2 rings (SSSR count). The van der Waals surface area contributed by atoms with Gasteiger partial charge in [-0.3, -0.25) is 0 Å². The highest BCUT2D eigenvalue weighted by molar-refractivity contribution is 9.10. The van der Waals surface area contributed by atoms with E-state index in [-0.39, 0.29) is 5.41 Å². The fraction of sp³-hybridized carbons (Fsp3) is 0.643. The van der Waals surface area contributed by atoms with Gasteiger partial charge >= 0.3 is 0 Å². The van der Waals surface area contributed by atoms with Crippen molar-refractivity contribution in [3.05, 3.63) is 22.3 Å². The maximum atomic E-state index is 5.43. The Labute approximate surface area is 123 Å². The molecular formula is C14H22BrN3O. The van der Waals surface area contributed by atoms with E-state index in [1.54, 1.807) is 7.11 Å². The number of nitrogens with one attached hydrogen (secondary N) is 2. The van der Waals surface area contributed by atoms with Gasteiger partial charge in [-0.25, -0.2) is 4.98 Å². The lowest BCUT2D eigenvalue weighted by atomic mass is 9.79. The highest BCUT2D eigenvalue weighted by Crippen LogP contribution is 2.30. The van der Waals surface area contributed by atoms with Crippen molar-refractivity contribution in [1.29, 1.82) is 0 Å². The van der Waals surface area contributed by atoms with Crippen LogP contribution in [0.3, 0.4) is 0 Å². The number of ether oxygens (including phenoxy) is 1. The number of aromatic nitrogens is 1. The first-order valence-electron chi connectivity index (χ1n) is 6.71. The summed E-state index contributed by atoms with van der Waals surface area (Å²) in [5.41, 5.74) is 1.39. The summed E-state index contributed by atoms with van der Waals surface area (Å²) in [5.74, 6) is 0.970. The summed E-state index contributed by atoms with van der Waals surface area (Å²) in [6.07, 6.45) is 4.12. The van der Waals surface area contributed by atoms with Crippen LogP contribution < -0.4 is 10.6 Å². The molecule has 19 heavy (non-hydrogen) atoms. The fourth-order valence-corrected chi connectivity index (χ4v) is 3.08. The van der Waals surface area contributed by atoms with Crippen molar-refractivity contribution in [2.45, 2.75) is 19.8 Å². The first kappa shape index (κ1) is 14.8. The van der Waals surface area contributed by atoms with Crippen LogP contribution in [0.5, 0.6) is 0 Å². The molecule has 0 saturated carbocycles. The number of halogens is 1. The van der Waals surface area contributed by atoms with Crippen molar-refractivity contribution in [2.24, 2.45) is 5.41 Å². The molecule has 0 amide bonds. The van der Waals surface area contributed by atoms with Crippen molar-refractivity contribution < 1.29 is 4.74 Å². The molecule has 106 valence electrons. The van der Waals surface area contributed by atoms with E-state index < -0.39 is 0 Å². The monoisotopic (exact) mass is 327 g/mol. The summed E-state index contributed by atoms with van der Waals surface area (Å²) in [7, 11) is 1.78. The third-order valence-electron chi connectivity index (χ3n) is 3.79. The number of hydrogen-bond acceptors (Lipinski definition) is 4. The van der Waals surface area contributed by atoms with Gasteiger partial charge in [0.25, 0.3) is 0 Å². The van der Waals surface area contributed by atoms with E-state index >= 15 is 0 Å². The number of rotatable bonds is 5.